The van der Waals surface area contributed by atoms with E-state index in [-0.39, 0.29) is 10.8 Å². The van der Waals surface area contributed by atoms with Gasteiger partial charge in [-0.05, 0) is 98.8 Å². The van der Waals surface area contributed by atoms with Crippen molar-refractivity contribution < 1.29 is 0 Å². The molecular formula is C50H44. The maximum absolute atomic E-state index is 2.35. The molecule has 8 rings (SSSR count). The first-order valence-corrected chi connectivity index (χ1v) is 17.9. The maximum atomic E-state index is 2.35. The van der Waals surface area contributed by atoms with Crippen molar-refractivity contribution in [3.63, 3.8) is 0 Å². The molecule has 0 N–H and O–H groups in total. The van der Waals surface area contributed by atoms with Gasteiger partial charge in [0.1, 0.15) is 0 Å². The topological polar surface area (TPSA) is 0 Å². The maximum Gasteiger partial charge on any atom is -0.000139 e. The molecule has 0 fully saturated rings. The highest BCUT2D eigenvalue weighted by Crippen LogP contribution is 2.53. The Morgan fingerprint density at radius 3 is 0.760 bits per heavy atom. The van der Waals surface area contributed by atoms with Gasteiger partial charge in [0, 0.05) is 0 Å². The molecule has 0 atom stereocenters. The van der Waals surface area contributed by atoms with E-state index in [4.69, 9.17) is 0 Å². The van der Waals surface area contributed by atoms with E-state index in [1.165, 1.54) is 88.0 Å². The molecule has 0 heteroatoms. The van der Waals surface area contributed by atoms with Crippen molar-refractivity contribution in [3.05, 3.63) is 169 Å². The quantitative estimate of drug-likeness (QED) is 0.167. The van der Waals surface area contributed by atoms with Gasteiger partial charge in [-0.2, -0.15) is 0 Å². The molecule has 0 aliphatic rings. The molecule has 0 aliphatic heterocycles. The van der Waals surface area contributed by atoms with Gasteiger partial charge in [0.2, 0.25) is 0 Å². The van der Waals surface area contributed by atoms with E-state index in [1.54, 1.807) is 0 Å². The zero-order valence-electron chi connectivity index (χ0n) is 30.0. The van der Waals surface area contributed by atoms with Crippen molar-refractivity contribution >= 4 is 32.3 Å². The third kappa shape index (κ3) is 5.40. The molecule has 0 unspecified atom stereocenters. The summed E-state index contributed by atoms with van der Waals surface area (Å²) in [6.07, 6.45) is 0. The van der Waals surface area contributed by atoms with Crippen molar-refractivity contribution in [2.75, 3.05) is 0 Å². The average Bonchev–Trinajstić information content (AvgIpc) is 3.13. The number of fused-ring (bicyclic) bond motifs is 3. The average molecular weight is 645 g/mol. The van der Waals surface area contributed by atoms with Crippen molar-refractivity contribution in [1.29, 1.82) is 0 Å². The van der Waals surface area contributed by atoms with E-state index in [1.807, 2.05) is 0 Å². The second-order valence-corrected chi connectivity index (χ2v) is 15.7. The zero-order chi connectivity index (χ0) is 34.6. The molecule has 244 valence electrons. The van der Waals surface area contributed by atoms with Crippen LogP contribution in [0.5, 0.6) is 0 Å². The minimum absolute atomic E-state index is 0.0671. The fourth-order valence-corrected chi connectivity index (χ4v) is 7.81. The Labute approximate surface area is 297 Å². The third-order valence-corrected chi connectivity index (χ3v) is 10.4. The molecule has 0 aliphatic carbocycles. The van der Waals surface area contributed by atoms with Gasteiger partial charge in [-0.3, -0.25) is 0 Å². The Bertz CT molecular complexity index is 2310. The predicted octanol–water partition coefficient (Wildman–Crippen LogP) is 14.4. The third-order valence-electron chi connectivity index (χ3n) is 10.4. The first-order chi connectivity index (χ1) is 24.1. The lowest BCUT2D eigenvalue weighted by Gasteiger charge is -2.26. The SMILES string of the molecule is CC(C)(C)c1ccc(-c2c3ccccc3c(-c3ccc(C(C)(C)C)cc3)c3c(-c4ccccc4)c4ccccc4c(-c4ccccc4)c23)cc1. The van der Waals surface area contributed by atoms with Crippen LogP contribution in [-0.4, -0.2) is 0 Å². The molecule has 8 aromatic rings. The van der Waals surface area contributed by atoms with Gasteiger partial charge in [0.25, 0.3) is 0 Å². The number of benzene rings is 8. The Balaban J connectivity index is 1.67. The molecule has 0 nitrogen and oxygen atoms in total. The summed E-state index contributed by atoms with van der Waals surface area (Å²) < 4.78 is 0. The van der Waals surface area contributed by atoms with Crippen molar-refractivity contribution in [1.82, 2.24) is 0 Å². The van der Waals surface area contributed by atoms with Gasteiger partial charge in [0.15, 0.2) is 0 Å². The molecule has 0 saturated heterocycles. The van der Waals surface area contributed by atoms with E-state index in [0.29, 0.717) is 0 Å². The largest absolute Gasteiger partial charge is 0.0622 e. The van der Waals surface area contributed by atoms with Crippen LogP contribution < -0.4 is 0 Å². The fourth-order valence-electron chi connectivity index (χ4n) is 7.81. The highest BCUT2D eigenvalue weighted by Gasteiger charge is 2.26. The van der Waals surface area contributed by atoms with Crippen LogP contribution in [0.4, 0.5) is 0 Å². The van der Waals surface area contributed by atoms with Gasteiger partial charge in [-0.1, -0.05) is 199 Å². The molecule has 0 aromatic heterocycles. The molecule has 0 spiro atoms. The normalized spacial score (nSPS) is 12.2. The molecule has 0 bridgehead atoms. The molecule has 0 amide bonds. The molecule has 0 heterocycles. The number of rotatable bonds is 4. The lowest BCUT2D eigenvalue weighted by Crippen LogP contribution is -2.10. The molecular weight excluding hydrogens is 601 g/mol. The van der Waals surface area contributed by atoms with Crippen molar-refractivity contribution in [3.8, 4) is 44.5 Å². The summed E-state index contributed by atoms with van der Waals surface area (Å²) in [5.74, 6) is 0. The highest BCUT2D eigenvalue weighted by atomic mass is 14.3. The van der Waals surface area contributed by atoms with Crippen molar-refractivity contribution in [2.45, 2.75) is 52.4 Å². The Hall–Kier alpha value is -5.46. The van der Waals surface area contributed by atoms with Crippen LogP contribution in [-0.2, 0) is 10.8 Å². The highest BCUT2D eigenvalue weighted by molar-refractivity contribution is 6.33. The Kier molecular flexibility index (Phi) is 7.72. The van der Waals surface area contributed by atoms with Gasteiger partial charge < -0.3 is 0 Å². The van der Waals surface area contributed by atoms with Crippen LogP contribution in [0.25, 0.3) is 76.8 Å². The monoisotopic (exact) mass is 644 g/mol. The summed E-state index contributed by atoms with van der Waals surface area (Å²) in [6.45, 7) is 13.7. The summed E-state index contributed by atoms with van der Waals surface area (Å²) in [4.78, 5) is 0. The molecule has 8 aromatic carbocycles. The summed E-state index contributed by atoms with van der Waals surface area (Å²) in [7, 11) is 0. The standard InChI is InChI=1S/C50H44/c1-49(2,3)37-29-25-35(26-30-37)45-41-23-15-16-24-42(41)46(36-27-31-38(32-28-36)50(4,5)6)48-44(34-19-11-8-12-20-34)40-22-14-13-21-39(40)43(47(45)48)33-17-9-7-10-18-33/h7-32H,1-6H3. The molecule has 0 saturated carbocycles. The second kappa shape index (κ2) is 12.1. The van der Waals surface area contributed by atoms with Crippen LogP contribution >= 0.6 is 0 Å². The van der Waals surface area contributed by atoms with Crippen molar-refractivity contribution in [2.24, 2.45) is 0 Å². The molecule has 50 heavy (non-hydrogen) atoms. The minimum atomic E-state index is 0.0671. The van der Waals surface area contributed by atoms with Crippen LogP contribution in [0, 0.1) is 0 Å². The summed E-state index contributed by atoms with van der Waals surface area (Å²) in [5, 5.41) is 7.66. The zero-order valence-corrected chi connectivity index (χ0v) is 30.0. The minimum Gasteiger partial charge on any atom is -0.0622 e. The van der Waals surface area contributed by atoms with Crippen LogP contribution in [0.3, 0.4) is 0 Å². The van der Waals surface area contributed by atoms with E-state index < -0.39 is 0 Å². The van der Waals surface area contributed by atoms with Gasteiger partial charge >= 0.3 is 0 Å². The number of hydrogen-bond acceptors (Lipinski definition) is 0. The van der Waals surface area contributed by atoms with E-state index >= 15 is 0 Å². The van der Waals surface area contributed by atoms with Gasteiger partial charge in [0.05, 0.1) is 0 Å². The predicted molar refractivity (Wildman–Crippen MR) is 218 cm³/mol. The van der Waals surface area contributed by atoms with Crippen LogP contribution in [0.15, 0.2) is 158 Å². The number of hydrogen-bond donors (Lipinski definition) is 0. The summed E-state index contributed by atoms with van der Waals surface area (Å²) >= 11 is 0. The second-order valence-electron chi connectivity index (χ2n) is 15.7. The van der Waals surface area contributed by atoms with E-state index in [0.717, 1.165) is 0 Å². The molecule has 0 radical (unpaired) electrons. The van der Waals surface area contributed by atoms with Gasteiger partial charge in [-0.15, -0.1) is 0 Å². The van der Waals surface area contributed by atoms with Gasteiger partial charge in [-0.25, -0.2) is 0 Å². The van der Waals surface area contributed by atoms with E-state index in [9.17, 15) is 0 Å². The fraction of sp³-hybridized carbons (Fsp3) is 0.160. The van der Waals surface area contributed by atoms with Crippen LogP contribution in [0.2, 0.25) is 0 Å². The lowest BCUT2D eigenvalue weighted by atomic mass is 9.77. The first-order valence-electron chi connectivity index (χ1n) is 17.9. The summed E-state index contributed by atoms with van der Waals surface area (Å²) in [6, 6.07) is 58.9. The summed E-state index contributed by atoms with van der Waals surface area (Å²) in [5.41, 5.74) is 12.9. The lowest BCUT2D eigenvalue weighted by molar-refractivity contribution is 0.590. The smallest absolute Gasteiger partial charge is 0.000139 e. The first kappa shape index (κ1) is 31.8. The Morgan fingerprint density at radius 2 is 0.500 bits per heavy atom. The van der Waals surface area contributed by atoms with Crippen LogP contribution in [0.1, 0.15) is 52.7 Å². The van der Waals surface area contributed by atoms with E-state index in [2.05, 4.69) is 199 Å². The Morgan fingerprint density at radius 1 is 0.260 bits per heavy atom.